The molecule has 2 aromatic rings. The minimum Gasteiger partial charge on any atom is -0.305 e. The zero-order valence-corrected chi connectivity index (χ0v) is 10.8. The Hall–Kier alpha value is -1.70. The normalized spacial score (nSPS) is 12.1. The van der Waals surface area contributed by atoms with Crippen molar-refractivity contribution in [1.29, 1.82) is 5.26 Å². The molecule has 92 valence electrons. The van der Waals surface area contributed by atoms with Crippen molar-refractivity contribution >= 4 is 11.3 Å². The van der Waals surface area contributed by atoms with Gasteiger partial charge in [0.15, 0.2) is 0 Å². The molecule has 2 rings (SSSR count). The molecule has 4 heteroatoms. The summed E-state index contributed by atoms with van der Waals surface area (Å²) in [6.07, 6.45) is 0. The van der Waals surface area contributed by atoms with Crippen molar-refractivity contribution in [3.8, 4) is 6.07 Å². The highest BCUT2D eigenvalue weighted by Gasteiger charge is 2.07. The van der Waals surface area contributed by atoms with E-state index in [4.69, 9.17) is 5.26 Å². The fraction of sp³-hybridized carbons (Fsp3) is 0.214. The molecule has 0 aliphatic heterocycles. The summed E-state index contributed by atoms with van der Waals surface area (Å²) in [5.41, 5.74) is 1.01. The smallest absolute Gasteiger partial charge is 0.140 e. The van der Waals surface area contributed by atoms with Gasteiger partial charge in [-0.2, -0.15) is 5.26 Å². The second-order valence-corrected chi connectivity index (χ2v) is 5.02. The van der Waals surface area contributed by atoms with E-state index in [9.17, 15) is 4.39 Å². The van der Waals surface area contributed by atoms with Crippen molar-refractivity contribution in [1.82, 2.24) is 5.32 Å². The topological polar surface area (TPSA) is 35.8 Å². The average Bonchev–Trinajstić information content (AvgIpc) is 2.91. The van der Waals surface area contributed by atoms with Gasteiger partial charge in [0.2, 0.25) is 0 Å². The van der Waals surface area contributed by atoms with E-state index in [0.29, 0.717) is 6.54 Å². The Morgan fingerprint density at radius 1 is 1.44 bits per heavy atom. The molecule has 0 amide bonds. The molecule has 0 aliphatic carbocycles. The van der Waals surface area contributed by atoms with Crippen molar-refractivity contribution in [3.05, 3.63) is 57.5 Å². The third kappa shape index (κ3) is 2.95. The van der Waals surface area contributed by atoms with Crippen molar-refractivity contribution in [3.63, 3.8) is 0 Å². The van der Waals surface area contributed by atoms with E-state index in [0.717, 1.165) is 5.56 Å². The van der Waals surface area contributed by atoms with Crippen molar-refractivity contribution in [2.24, 2.45) is 0 Å². The molecule has 0 fully saturated rings. The van der Waals surface area contributed by atoms with Crippen LogP contribution >= 0.6 is 11.3 Å². The first-order valence-corrected chi connectivity index (χ1v) is 6.54. The molecular weight excluding hydrogens is 247 g/mol. The molecule has 18 heavy (non-hydrogen) atoms. The first kappa shape index (κ1) is 12.7. The maximum Gasteiger partial charge on any atom is 0.140 e. The number of thiophene rings is 1. The summed E-state index contributed by atoms with van der Waals surface area (Å²) in [5, 5.41) is 14.2. The predicted molar refractivity (Wildman–Crippen MR) is 70.7 cm³/mol. The summed E-state index contributed by atoms with van der Waals surface area (Å²) in [7, 11) is 0. The molecule has 0 saturated heterocycles. The number of rotatable bonds is 4. The lowest BCUT2D eigenvalue weighted by molar-refractivity contribution is 0.580. The molecule has 1 aromatic heterocycles. The van der Waals surface area contributed by atoms with E-state index in [1.54, 1.807) is 23.5 Å². The predicted octanol–water partition coefficient (Wildman–Crippen LogP) is 3.61. The number of halogens is 1. The molecule has 0 bridgehead atoms. The highest BCUT2D eigenvalue weighted by Crippen LogP contribution is 2.19. The van der Waals surface area contributed by atoms with Crippen LogP contribution < -0.4 is 5.32 Å². The van der Waals surface area contributed by atoms with Crippen molar-refractivity contribution in [2.75, 3.05) is 0 Å². The van der Waals surface area contributed by atoms with E-state index in [1.165, 1.54) is 10.9 Å². The highest BCUT2D eigenvalue weighted by molar-refractivity contribution is 7.10. The second kappa shape index (κ2) is 5.76. The van der Waals surface area contributed by atoms with Crippen LogP contribution in [0.3, 0.4) is 0 Å². The number of hydrogen-bond donors (Lipinski definition) is 1. The molecule has 1 heterocycles. The van der Waals surface area contributed by atoms with Gasteiger partial charge in [0.25, 0.3) is 0 Å². The zero-order valence-electron chi connectivity index (χ0n) is 9.98. The average molecular weight is 260 g/mol. The van der Waals surface area contributed by atoms with Gasteiger partial charge in [0, 0.05) is 17.5 Å². The number of nitriles is 1. The fourth-order valence-electron chi connectivity index (χ4n) is 1.68. The van der Waals surface area contributed by atoms with Crippen LogP contribution in [0.4, 0.5) is 4.39 Å². The monoisotopic (exact) mass is 260 g/mol. The lowest BCUT2D eigenvalue weighted by Gasteiger charge is -2.12. The summed E-state index contributed by atoms with van der Waals surface area (Å²) >= 11 is 1.70. The second-order valence-electron chi connectivity index (χ2n) is 4.04. The van der Waals surface area contributed by atoms with Gasteiger partial charge in [-0.15, -0.1) is 11.3 Å². The molecule has 1 N–H and O–H groups in total. The van der Waals surface area contributed by atoms with Crippen LogP contribution in [0.25, 0.3) is 0 Å². The van der Waals surface area contributed by atoms with Crippen LogP contribution in [0.1, 0.15) is 29.0 Å². The lowest BCUT2D eigenvalue weighted by Crippen LogP contribution is -2.17. The van der Waals surface area contributed by atoms with E-state index < -0.39 is 5.82 Å². The lowest BCUT2D eigenvalue weighted by atomic mass is 10.1. The van der Waals surface area contributed by atoms with Crippen LogP contribution in [0, 0.1) is 17.1 Å². The Labute approximate surface area is 110 Å². The number of benzene rings is 1. The standard InChI is InChI=1S/C14H13FN2S/c1-10(14-3-2-6-18-14)17-9-11-4-5-13(15)12(7-11)8-16/h2-7,10,17H,9H2,1H3/t10-/m0/s1. The van der Waals surface area contributed by atoms with Gasteiger partial charge in [-0.05, 0) is 36.1 Å². The summed E-state index contributed by atoms with van der Waals surface area (Å²) in [4.78, 5) is 1.26. The SMILES string of the molecule is C[C@H](NCc1ccc(F)c(C#N)c1)c1cccs1. The Bertz CT molecular complexity index is 558. The van der Waals surface area contributed by atoms with Gasteiger partial charge in [0.05, 0.1) is 5.56 Å². The first-order chi connectivity index (χ1) is 8.70. The Balaban J connectivity index is 2.01. The number of hydrogen-bond acceptors (Lipinski definition) is 3. The fourth-order valence-corrected chi connectivity index (χ4v) is 2.44. The maximum atomic E-state index is 13.2. The maximum absolute atomic E-state index is 13.2. The Kier molecular flexibility index (Phi) is 4.08. The summed E-state index contributed by atoms with van der Waals surface area (Å²) in [6.45, 7) is 2.70. The molecule has 1 atom stereocenters. The molecule has 0 spiro atoms. The van der Waals surface area contributed by atoms with Gasteiger partial charge in [-0.1, -0.05) is 12.1 Å². The van der Waals surface area contributed by atoms with Crippen molar-refractivity contribution in [2.45, 2.75) is 19.5 Å². The molecule has 2 nitrogen and oxygen atoms in total. The zero-order chi connectivity index (χ0) is 13.0. The number of nitrogens with zero attached hydrogens (tertiary/aromatic N) is 1. The summed E-state index contributed by atoms with van der Waals surface area (Å²) in [5.74, 6) is -0.465. The minimum atomic E-state index is -0.465. The van der Waals surface area contributed by atoms with Crippen LogP contribution in [-0.2, 0) is 6.54 Å². The largest absolute Gasteiger partial charge is 0.305 e. The van der Waals surface area contributed by atoms with E-state index >= 15 is 0 Å². The van der Waals surface area contributed by atoms with E-state index in [1.807, 2.05) is 17.5 Å². The Morgan fingerprint density at radius 3 is 2.94 bits per heavy atom. The first-order valence-electron chi connectivity index (χ1n) is 5.66. The van der Waals surface area contributed by atoms with Gasteiger partial charge < -0.3 is 5.32 Å². The van der Waals surface area contributed by atoms with Crippen LogP contribution in [0.5, 0.6) is 0 Å². The quantitative estimate of drug-likeness (QED) is 0.911. The van der Waals surface area contributed by atoms with Gasteiger partial charge in [-0.3, -0.25) is 0 Å². The molecule has 0 aliphatic rings. The van der Waals surface area contributed by atoms with Gasteiger partial charge in [-0.25, -0.2) is 4.39 Å². The summed E-state index contributed by atoms with van der Waals surface area (Å²) in [6, 6.07) is 10.8. The molecule has 0 saturated carbocycles. The molecular formula is C14H13FN2S. The third-order valence-electron chi connectivity index (χ3n) is 2.73. The molecule has 0 radical (unpaired) electrons. The van der Waals surface area contributed by atoms with Crippen LogP contribution in [0.2, 0.25) is 0 Å². The third-order valence-corrected chi connectivity index (χ3v) is 3.79. The number of nitrogens with one attached hydrogen (secondary N) is 1. The van der Waals surface area contributed by atoms with Gasteiger partial charge in [0.1, 0.15) is 11.9 Å². The van der Waals surface area contributed by atoms with E-state index in [-0.39, 0.29) is 11.6 Å². The molecule has 0 unspecified atom stereocenters. The van der Waals surface area contributed by atoms with Crippen molar-refractivity contribution < 1.29 is 4.39 Å². The van der Waals surface area contributed by atoms with Gasteiger partial charge >= 0.3 is 0 Å². The minimum absolute atomic E-state index is 0.0954. The summed E-state index contributed by atoms with van der Waals surface area (Å²) < 4.78 is 13.2. The Morgan fingerprint density at radius 2 is 2.28 bits per heavy atom. The highest BCUT2D eigenvalue weighted by atomic mass is 32.1. The van der Waals surface area contributed by atoms with E-state index in [2.05, 4.69) is 18.3 Å². The van der Waals surface area contributed by atoms with Crippen LogP contribution in [-0.4, -0.2) is 0 Å². The molecule has 1 aromatic carbocycles. The van der Waals surface area contributed by atoms with Crippen LogP contribution in [0.15, 0.2) is 35.7 Å².